The first kappa shape index (κ1) is 23.4. The van der Waals surface area contributed by atoms with Gasteiger partial charge in [-0.1, -0.05) is 25.1 Å². The van der Waals surface area contributed by atoms with Gasteiger partial charge in [-0.25, -0.2) is 4.68 Å². The number of hydrogen-bond acceptors (Lipinski definition) is 3. The van der Waals surface area contributed by atoms with E-state index in [1.54, 1.807) is 0 Å². The Hall–Kier alpha value is -1.85. The molecule has 1 amide bonds. The van der Waals surface area contributed by atoms with Crippen LogP contribution in [0.3, 0.4) is 0 Å². The number of para-hydroxylation sites is 1. The van der Waals surface area contributed by atoms with E-state index in [0.29, 0.717) is 24.8 Å². The standard InChI is InChI=1S/C23H34N4O.ClH/c1-16-8-6-7-9-22(16)27-19(4)21(18(3)25-27)15-26(5)23(28)14-17(2)20-10-12-24-13-11-20;/h6-9,17,20,24H,10-15H2,1-5H3;1H. The average Bonchev–Trinajstić information content (AvgIpc) is 2.97. The van der Waals surface area contributed by atoms with Crippen LogP contribution in [-0.2, 0) is 11.3 Å². The molecule has 1 fully saturated rings. The Bertz CT molecular complexity index is 826. The molecule has 1 atom stereocenters. The highest BCUT2D eigenvalue weighted by molar-refractivity contribution is 5.85. The first-order chi connectivity index (χ1) is 13.4. The summed E-state index contributed by atoms with van der Waals surface area (Å²) in [6.45, 7) is 11.2. The Labute approximate surface area is 181 Å². The van der Waals surface area contributed by atoms with E-state index in [0.717, 1.165) is 35.7 Å². The van der Waals surface area contributed by atoms with E-state index in [9.17, 15) is 4.79 Å². The number of rotatable bonds is 6. The molecule has 2 heterocycles. The second kappa shape index (κ2) is 10.3. The maximum Gasteiger partial charge on any atom is 0.222 e. The van der Waals surface area contributed by atoms with E-state index in [2.05, 4.69) is 38.2 Å². The smallest absolute Gasteiger partial charge is 0.222 e. The van der Waals surface area contributed by atoms with Crippen molar-refractivity contribution in [2.24, 2.45) is 11.8 Å². The molecule has 5 nitrogen and oxygen atoms in total. The van der Waals surface area contributed by atoms with E-state index in [-0.39, 0.29) is 18.3 Å². The fourth-order valence-corrected chi connectivity index (χ4v) is 4.28. The SMILES string of the molecule is Cc1ccccc1-n1nc(C)c(CN(C)C(=O)CC(C)C2CCNCC2)c1C.Cl. The summed E-state index contributed by atoms with van der Waals surface area (Å²) in [4.78, 5) is 14.7. The van der Waals surface area contributed by atoms with Gasteiger partial charge in [-0.05, 0) is 70.2 Å². The van der Waals surface area contributed by atoms with Crippen molar-refractivity contribution in [2.45, 2.75) is 53.5 Å². The zero-order valence-electron chi connectivity index (χ0n) is 18.4. The molecule has 1 aliphatic heterocycles. The van der Waals surface area contributed by atoms with Crippen molar-refractivity contribution in [3.8, 4) is 5.69 Å². The Morgan fingerprint density at radius 3 is 2.55 bits per heavy atom. The summed E-state index contributed by atoms with van der Waals surface area (Å²) in [5, 5.41) is 8.17. The Kier molecular flexibility index (Phi) is 8.29. The highest BCUT2D eigenvalue weighted by atomic mass is 35.5. The van der Waals surface area contributed by atoms with E-state index in [1.165, 1.54) is 18.4 Å². The van der Waals surface area contributed by atoms with Crippen LogP contribution in [0.2, 0.25) is 0 Å². The number of nitrogens with zero attached hydrogens (tertiary/aromatic N) is 3. The lowest BCUT2D eigenvalue weighted by Crippen LogP contribution is -2.34. The highest BCUT2D eigenvalue weighted by Crippen LogP contribution is 2.26. The lowest BCUT2D eigenvalue weighted by Gasteiger charge is -2.29. The third-order valence-electron chi connectivity index (χ3n) is 6.29. The van der Waals surface area contributed by atoms with E-state index in [4.69, 9.17) is 5.10 Å². The molecule has 1 aliphatic rings. The minimum absolute atomic E-state index is 0. The maximum atomic E-state index is 12.8. The van der Waals surface area contributed by atoms with Crippen LogP contribution >= 0.6 is 12.4 Å². The highest BCUT2D eigenvalue weighted by Gasteiger charge is 2.24. The lowest BCUT2D eigenvalue weighted by molar-refractivity contribution is -0.131. The summed E-state index contributed by atoms with van der Waals surface area (Å²) < 4.78 is 2.01. The van der Waals surface area contributed by atoms with Crippen molar-refractivity contribution < 1.29 is 4.79 Å². The average molecular weight is 419 g/mol. The summed E-state index contributed by atoms with van der Waals surface area (Å²) in [7, 11) is 1.92. The summed E-state index contributed by atoms with van der Waals surface area (Å²) in [5.74, 6) is 1.33. The second-order valence-electron chi connectivity index (χ2n) is 8.37. The first-order valence-corrected chi connectivity index (χ1v) is 10.4. The topological polar surface area (TPSA) is 50.2 Å². The zero-order valence-corrected chi connectivity index (χ0v) is 19.2. The molecule has 0 bridgehead atoms. The predicted octanol–water partition coefficient (Wildman–Crippen LogP) is 4.20. The van der Waals surface area contributed by atoms with Crippen LogP contribution in [0.1, 0.15) is 48.7 Å². The molecule has 0 saturated carbocycles. The van der Waals surface area contributed by atoms with Gasteiger partial charge >= 0.3 is 0 Å². The Balaban J connectivity index is 0.00000300. The van der Waals surface area contributed by atoms with E-state index < -0.39 is 0 Å². The predicted molar refractivity (Wildman–Crippen MR) is 121 cm³/mol. The number of aryl methyl sites for hydroxylation is 2. The van der Waals surface area contributed by atoms with Crippen LogP contribution in [-0.4, -0.2) is 40.7 Å². The number of amides is 1. The van der Waals surface area contributed by atoms with Gasteiger partial charge in [0.25, 0.3) is 0 Å². The van der Waals surface area contributed by atoms with Gasteiger partial charge in [0.05, 0.1) is 11.4 Å². The number of nitrogens with one attached hydrogen (secondary N) is 1. The van der Waals surface area contributed by atoms with Gasteiger partial charge in [0, 0.05) is 31.3 Å². The summed E-state index contributed by atoms with van der Waals surface area (Å²) in [6.07, 6.45) is 2.99. The Morgan fingerprint density at radius 2 is 1.90 bits per heavy atom. The first-order valence-electron chi connectivity index (χ1n) is 10.4. The molecular formula is C23H35ClN4O. The number of benzene rings is 1. The minimum Gasteiger partial charge on any atom is -0.341 e. The van der Waals surface area contributed by atoms with Crippen LogP contribution in [0.5, 0.6) is 0 Å². The van der Waals surface area contributed by atoms with Crippen molar-refractivity contribution in [1.29, 1.82) is 0 Å². The number of piperidine rings is 1. The van der Waals surface area contributed by atoms with Gasteiger partial charge in [0.1, 0.15) is 0 Å². The fourth-order valence-electron chi connectivity index (χ4n) is 4.28. The molecule has 0 radical (unpaired) electrons. The van der Waals surface area contributed by atoms with E-state index >= 15 is 0 Å². The summed E-state index contributed by atoms with van der Waals surface area (Å²) in [6, 6.07) is 8.27. The van der Waals surface area contributed by atoms with Gasteiger partial charge in [0.2, 0.25) is 5.91 Å². The normalized spacial score (nSPS) is 15.6. The number of hydrogen-bond donors (Lipinski definition) is 1. The van der Waals surface area contributed by atoms with Gasteiger partial charge < -0.3 is 10.2 Å². The molecule has 2 aromatic rings. The minimum atomic E-state index is 0. The fraction of sp³-hybridized carbons (Fsp3) is 0.565. The third-order valence-corrected chi connectivity index (χ3v) is 6.29. The summed E-state index contributed by atoms with van der Waals surface area (Å²) in [5.41, 5.74) is 5.54. The quantitative estimate of drug-likeness (QED) is 0.764. The molecule has 3 rings (SSSR count). The van der Waals surface area contributed by atoms with Crippen LogP contribution in [0.25, 0.3) is 5.69 Å². The maximum absolute atomic E-state index is 12.8. The second-order valence-corrected chi connectivity index (χ2v) is 8.37. The number of carbonyl (C=O) groups is 1. The molecule has 1 unspecified atom stereocenters. The third kappa shape index (κ3) is 5.40. The summed E-state index contributed by atoms with van der Waals surface area (Å²) >= 11 is 0. The van der Waals surface area contributed by atoms with Crippen LogP contribution in [0.15, 0.2) is 24.3 Å². The van der Waals surface area contributed by atoms with Crippen LogP contribution < -0.4 is 5.32 Å². The van der Waals surface area contributed by atoms with Crippen molar-refractivity contribution in [3.63, 3.8) is 0 Å². The van der Waals surface area contributed by atoms with Gasteiger partial charge in [-0.3, -0.25) is 4.79 Å². The molecule has 1 saturated heterocycles. The molecule has 1 aromatic heterocycles. The molecule has 1 aromatic carbocycles. The largest absolute Gasteiger partial charge is 0.341 e. The lowest BCUT2D eigenvalue weighted by atomic mass is 9.84. The molecule has 0 spiro atoms. The number of aromatic nitrogens is 2. The monoisotopic (exact) mass is 418 g/mol. The van der Waals surface area contributed by atoms with Crippen LogP contribution in [0.4, 0.5) is 0 Å². The van der Waals surface area contributed by atoms with Gasteiger partial charge in [-0.15, -0.1) is 12.4 Å². The van der Waals surface area contributed by atoms with Crippen molar-refractivity contribution in [1.82, 2.24) is 20.0 Å². The number of halogens is 1. The molecule has 160 valence electrons. The molecule has 6 heteroatoms. The van der Waals surface area contributed by atoms with E-state index in [1.807, 2.05) is 35.7 Å². The molecule has 0 aliphatic carbocycles. The molecule has 29 heavy (non-hydrogen) atoms. The van der Waals surface area contributed by atoms with Crippen LogP contribution in [0, 0.1) is 32.6 Å². The molecule has 1 N–H and O–H groups in total. The van der Waals surface area contributed by atoms with Crippen molar-refractivity contribution in [3.05, 3.63) is 46.8 Å². The molecular weight excluding hydrogens is 384 g/mol. The van der Waals surface area contributed by atoms with Gasteiger partial charge in [0.15, 0.2) is 0 Å². The zero-order chi connectivity index (χ0) is 20.3. The Morgan fingerprint density at radius 1 is 1.24 bits per heavy atom. The van der Waals surface area contributed by atoms with Crippen molar-refractivity contribution in [2.75, 3.05) is 20.1 Å². The number of carbonyl (C=O) groups excluding carboxylic acids is 1. The van der Waals surface area contributed by atoms with Gasteiger partial charge in [-0.2, -0.15) is 5.10 Å². The van der Waals surface area contributed by atoms with Crippen molar-refractivity contribution >= 4 is 18.3 Å².